The number of sulfonamides is 1. The highest BCUT2D eigenvalue weighted by Crippen LogP contribution is 2.20. The number of benzene rings is 3. The van der Waals surface area contributed by atoms with Crippen LogP contribution in [0.1, 0.15) is 5.56 Å². The second kappa shape index (κ2) is 10.1. The summed E-state index contributed by atoms with van der Waals surface area (Å²) >= 11 is 0. The average Bonchev–Trinajstić information content (AvgIpc) is 2.77. The van der Waals surface area contributed by atoms with Crippen LogP contribution in [-0.4, -0.2) is 40.0 Å². The van der Waals surface area contributed by atoms with Crippen molar-refractivity contribution in [1.29, 1.82) is 0 Å². The summed E-state index contributed by atoms with van der Waals surface area (Å²) in [6, 6.07) is 23.7. The molecule has 0 saturated heterocycles. The van der Waals surface area contributed by atoms with Crippen LogP contribution in [0.5, 0.6) is 17.2 Å². The van der Waals surface area contributed by atoms with Gasteiger partial charge in [0, 0.05) is 14.1 Å². The van der Waals surface area contributed by atoms with E-state index in [1.165, 1.54) is 30.5 Å². The second-order valence-corrected chi connectivity index (χ2v) is 8.85. The highest BCUT2D eigenvalue weighted by Gasteiger charge is 2.16. The van der Waals surface area contributed by atoms with Gasteiger partial charge in [0.1, 0.15) is 37.1 Å². The highest BCUT2D eigenvalue weighted by atomic mass is 32.2. The fourth-order valence-corrected chi connectivity index (χ4v) is 3.51. The van der Waals surface area contributed by atoms with Gasteiger partial charge in [-0.15, -0.1) is 0 Å². The molecule has 158 valence electrons. The predicted octanol–water partition coefficient (Wildman–Crippen LogP) is 3.97. The fourth-order valence-electron chi connectivity index (χ4n) is 2.61. The molecule has 0 aliphatic heterocycles. The van der Waals surface area contributed by atoms with E-state index in [4.69, 9.17) is 14.2 Å². The van der Waals surface area contributed by atoms with Crippen molar-refractivity contribution in [2.75, 3.05) is 27.3 Å². The fraction of sp³-hybridized carbons (Fsp3) is 0.217. The third-order valence-corrected chi connectivity index (χ3v) is 6.12. The maximum atomic E-state index is 12.1. The summed E-state index contributed by atoms with van der Waals surface area (Å²) in [4.78, 5) is 0.227. The Bertz CT molecular complexity index is 1020. The van der Waals surface area contributed by atoms with Gasteiger partial charge in [-0.1, -0.05) is 30.3 Å². The van der Waals surface area contributed by atoms with Gasteiger partial charge in [0.25, 0.3) is 0 Å². The molecule has 30 heavy (non-hydrogen) atoms. The largest absolute Gasteiger partial charge is 0.490 e. The van der Waals surface area contributed by atoms with Crippen molar-refractivity contribution in [3.63, 3.8) is 0 Å². The zero-order chi connectivity index (χ0) is 21.4. The Balaban J connectivity index is 1.41. The van der Waals surface area contributed by atoms with Crippen molar-refractivity contribution in [1.82, 2.24) is 4.31 Å². The van der Waals surface area contributed by atoms with Gasteiger partial charge in [-0.05, 0) is 54.1 Å². The molecule has 0 fully saturated rings. The Kier molecular flexibility index (Phi) is 7.32. The van der Waals surface area contributed by atoms with Crippen molar-refractivity contribution in [2.24, 2.45) is 0 Å². The smallest absolute Gasteiger partial charge is 0.242 e. The molecule has 0 N–H and O–H groups in total. The number of hydrogen-bond acceptors (Lipinski definition) is 5. The van der Waals surface area contributed by atoms with Crippen LogP contribution in [0.2, 0.25) is 0 Å². The molecule has 0 bridgehead atoms. The molecule has 0 radical (unpaired) electrons. The van der Waals surface area contributed by atoms with Crippen LogP contribution in [0.15, 0.2) is 83.8 Å². The Morgan fingerprint density at radius 1 is 0.667 bits per heavy atom. The highest BCUT2D eigenvalue weighted by molar-refractivity contribution is 7.89. The van der Waals surface area contributed by atoms with Gasteiger partial charge in [-0.3, -0.25) is 0 Å². The van der Waals surface area contributed by atoms with Gasteiger partial charge in [-0.2, -0.15) is 0 Å². The van der Waals surface area contributed by atoms with E-state index in [0.717, 1.165) is 17.1 Å². The monoisotopic (exact) mass is 427 g/mol. The lowest BCUT2D eigenvalue weighted by molar-refractivity contribution is 0.216. The minimum absolute atomic E-state index is 0.227. The number of rotatable bonds is 10. The zero-order valence-corrected chi connectivity index (χ0v) is 17.8. The van der Waals surface area contributed by atoms with Crippen LogP contribution in [0.4, 0.5) is 0 Å². The van der Waals surface area contributed by atoms with Crippen LogP contribution in [0.25, 0.3) is 0 Å². The van der Waals surface area contributed by atoms with E-state index in [1.807, 2.05) is 54.6 Å². The summed E-state index contributed by atoms with van der Waals surface area (Å²) in [6.45, 7) is 1.22. The first kappa shape index (κ1) is 21.7. The van der Waals surface area contributed by atoms with Gasteiger partial charge in [0.05, 0.1) is 4.90 Å². The lowest BCUT2D eigenvalue weighted by atomic mass is 10.2. The SMILES string of the molecule is CN(C)S(=O)(=O)c1ccc(OCCOc2ccc(OCc3ccccc3)cc2)cc1. The number of ether oxygens (including phenoxy) is 3. The van der Waals surface area contributed by atoms with E-state index in [1.54, 1.807) is 12.1 Å². The average molecular weight is 428 g/mol. The molecule has 3 aromatic rings. The molecule has 0 spiro atoms. The van der Waals surface area contributed by atoms with Gasteiger partial charge < -0.3 is 14.2 Å². The van der Waals surface area contributed by atoms with Crippen molar-refractivity contribution in [2.45, 2.75) is 11.5 Å². The molecule has 6 nitrogen and oxygen atoms in total. The third-order valence-electron chi connectivity index (χ3n) is 4.30. The molecule has 0 unspecified atom stereocenters. The topological polar surface area (TPSA) is 65.1 Å². The van der Waals surface area contributed by atoms with E-state index < -0.39 is 10.0 Å². The van der Waals surface area contributed by atoms with Crippen LogP contribution in [0, 0.1) is 0 Å². The molecule has 0 aliphatic carbocycles. The van der Waals surface area contributed by atoms with E-state index in [0.29, 0.717) is 25.6 Å². The standard InChI is InChI=1S/C23H25NO5S/c1-24(2)30(25,26)23-14-12-21(13-15-23)28-17-16-27-20-8-10-22(11-9-20)29-18-19-6-4-3-5-7-19/h3-15H,16-18H2,1-2H3. The maximum absolute atomic E-state index is 12.1. The van der Waals surface area contributed by atoms with Gasteiger partial charge in [-0.25, -0.2) is 12.7 Å². The first-order valence-corrected chi connectivity index (χ1v) is 10.9. The first-order chi connectivity index (χ1) is 14.4. The summed E-state index contributed by atoms with van der Waals surface area (Å²) < 4.78 is 42.3. The Morgan fingerprint density at radius 3 is 1.63 bits per heavy atom. The van der Waals surface area contributed by atoms with Gasteiger partial charge in [0.15, 0.2) is 0 Å². The summed E-state index contributed by atoms with van der Waals surface area (Å²) in [5.74, 6) is 2.08. The van der Waals surface area contributed by atoms with Gasteiger partial charge in [0.2, 0.25) is 10.0 Å². The van der Waals surface area contributed by atoms with E-state index in [2.05, 4.69) is 0 Å². The molecule has 7 heteroatoms. The minimum atomic E-state index is -3.44. The van der Waals surface area contributed by atoms with Crippen molar-refractivity contribution in [3.05, 3.63) is 84.4 Å². The van der Waals surface area contributed by atoms with Crippen molar-refractivity contribution >= 4 is 10.0 Å². The zero-order valence-electron chi connectivity index (χ0n) is 17.0. The van der Waals surface area contributed by atoms with Crippen LogP contribution < -0.4 is 14.2 Å². The van der Waals surface area contributed by atoms with E-state index >= 15 is 0 Å². The molecule has 0 aromatic heterocycles. The summed E-state index contributed by atoms with van der Waals surface area (Å²) in [5.41, 5.74) is 1.11. The van der Waals surface area contributed by atoms with Crippen molar-refractivity contribution < 1.29 is 22.6 Å². The Morgan fingerprint density at radius 2 is 1.13 bits per heavy atom. The molecular weight excluding hydrogens is 402 g/mol. The molecule has 0 heterocycles. The summed E-state index contributed by atoms with van der Waals surface area (Å²) in [6.07, 6.45) is 0. The molecule has 0 amide bonds. The molecule has 0 aliphatic rings. The van der Waals surface area contributed by atoms with Crippen LogP contribution in [-0.2, 0) is 16.6 Å². The lowest BCUT2D eigenvalue weighted by Gasteiger charge is -2.12. The van der Waals surface area contributed by atoms with Crippen molar-refractivity contribution in [3.8, 4) is 17.2 Å². The lowest BCUT2D eigenvalue weighted by Crippen LogP contribution is -2.22. The normalized spacial score (nSPS) is 11.3. The maximum Gasteiger partial charge on any atom is 0.242 e. The number of hydrogen-bond donors (Lipinski definition) is 0. The Hall–Kier alpha value is -3.03. The first-order valence-electron chi connectivity index (χ1n) is 9.50. The minimum Gasteiger partial charge on any atom is -0.490 e. The summed E-state index contributed by atoms with van der Waals surface area (Å²) in [7, 11) is -0.438. The Labute approximate surface area is 177 Å². The van der Waals surface area contributed by atoms with E-state index in [-0.39, 0.29) is 4.90 Å². The molecule has 3 rings (SSSR count). The van der Waals surface area contributed by atoms with Crippen LogP contribution in [0.3, 0.4) is 0 Å². The molecule has 3 aromatic carbocycles. The van der Waals surface area contributed by atoms with E-state index in [9.17, 15) is 8.42 Å². The third kappa shape index (κ3) is 5.98. The van der Waals surface area contributed by atoms with Gasteiger partial charge >= 0.3 is 0 Å². The predicted molar refractivity (Wildman–Crippen MR) is 116 cm³/mol. The molecular formula is C23H25NO5S. The van der Waals surface area contributed by atoms with Crippen LogP contribution >= 0.6 is 0 Å². The molecule has 0 atom stereocenters. The number of nitrogens with zero attached hydrogens (tertiary/aromatic N) is 1. The summed E-state index contributed by atoms with van der Waals surface area (Å²) in [5, 5.41) is 0. The second-order valence-electron chi connectivity index (χ2n) is 6.70. The quantitative estimate of drug-likeness (QED) is 0.458. The molecule has 0 saturated carbocycles.